The molecule has 0 spiro atoms. The van der Waals surface area contributed by atoms with E-state index in [2.05, 4.69) is 12.3 Å². The van der Waals surface area contributed by atoms with Gasteiger partial charge in [0.25, 0.3) is 0 Å². The third-order valence-electron chi connectivity index (χ3n) is 3.01. The summed E-state index contributed by atoms with van der Waals surface area (Å²) >= 11 is 0. The monoisotopic (exact) mass is 220 g/mol. The molecule has 1 fully saturated rings. The average Bonchev–Trinajstić information content (AvgIpc) is 2.85. The third kappa shape index (κ3) is 3.94. The van der Waals surface area contributed by atoms with E-state index in [0.717, 1.165) is 5.92 Å². The van der Waals surface area contributed by atoms with Crippen LogP contribution in [-0.2, 0) is 9.84 Å². The summed E-state index contributed by atoms with van der Waals surface area (Å²) in [5.74, 6) is 6.88. The van der Waals surface area contributed by atoms with E-state index in [4.69, 9.17) is 5.84 Å². The van der Waals surface area contributed by atoms with E-state index < -0.39 is 9.84 Å². The molecule has 0 aliphatic heterocycles. The van der Waals surface area contributed by atoms with E-state index in [0.29, 0.717) is 12.3 Å². The van der Waals surface area contributed by atoms with Gasteiger partial charge in [0.2, 0.25) is 0 Å². The normalized spacial score (nSPS) is 21.9. The molecule has 1 aliphatic rings. The minimum atomic E-state index is -2.86. The average molecular weight is 220 g/mol. The van der Waals surface area contributed by atoms with Crippen molar-refractivity contribution in [3.63, 3.8) is 0 Å². The second-order valence-corrected chi connectivity index (χ2v) is 6.65. The van der Waals surface area contributed by atoms with Crippen molar-refractivity contribution in [1.82, 2.24) is 5.43 Å². The van der Waals surface area contributed by atoms with E-state index in [1.54, 1.807) is 0 Å². The molecule has 4 nitrogen and oxygen atoms in total. The first-order chi connectivity index (χ1) is 6.44. The maximum Gasteiger partial charge on any atom is 0.147 e. The number of nitrogens with one attached hydrogen (secondary N) is 1. The Morgan fingerprint density at radius 1 is 1.50 bits per heavy atom. The van der Waals surface area contributed by atoms with Gasteiger partial charge in [-0.2, -0.15) is 0 Å². The van der Waals surface area contributed by atoms with Crippen LogP contribution < -0.4 is 11.3 Å². The quantitative estimate of drug-likeness (QED) is 0.499. The summed E-state index contributed by atoms with van der Waals surface area (Å²) < 4.78 is 22.0. The van der Waals surface area contributed by atoms with E-state index in [1.165, 1.54) is 19.1 Å². The smallest absolute Gasteiger partial charge is 0.147 e. The zero-order chi connectivity index (χ0) is 10.8. The van der Waals surface area contributed by atoms with Crippen molar-refractivity contribution in [2.45, 2.75) is 32.2 Å². The van der Waals surface area contributed by atoms with Gasteiger partial charge in [-0.3, -0.25) is 11.3 Å². The second kappa shape index (κ2) is 4.59. The Hall–Kier alpha value is -0.130. The van der Waals surface area contributed by atoms with Gasteiger partial charge in [-0.1, -0.05) is 6.92 Å². The molecule has 0 amide bonds. The van der Waals surface area contributed by atoms with Crippen LogP contribution in [0.3, 0.4) is 0 Å². The molecule has 0 aromatic carbocycles. The van der Waals surface area contributed by atoms with Crippen LogP contribution in [0.2, 0.25) is 0 Å². The number of sulfone groups is 1. The zero-order valence-electron chi connectivity index (χ0n) is 8.86. The summed E-state index contributed by atoms with van der Waals surface area (Å²) in [5, 5.41) is 0. The third-order valence-corrected chi connectivity index (χ3v) is 3.99. The van der Waals surface area contributed by atoms with Crippen LogP contribution in [-0.4, -0.2) is 26.5 Å². The standard InChI is InChI=1S/C9H20N2O2S/c1-7(8-3-4-8)9(11-10)5-6-14(2,12)13/h7-9,11H,3-6,10H2,1-2H3. The first kappa shape index (κ1) is 11.9. The van der Waals surface area contributed by atoms with Crippen molar-refractivity contribution in [3.8, 4) is 0 Å². The SMILES string of the molecule is CC(C1CC1)C(CCS(C)(=O)=O)NN. The van der Waals surface area contributed by atoms with Crippen molar-refractivity contribution < 1.29 is 8.42 Å². The zero-order valence-corrected chi connectivity index (χ0v) is 9.68. The molecule has 1 rings (SSSR count). The highest BCUT2D eigenvalue weighted by Crippen LogP contribution is 2.38. The highest BCUT2D eigenvalue weighted by atomic mass is 32.2. The number of hydrogen-bond donors (Lipinski definition) is 2. The van der Waals surface area contributed by atoms with Gasteiger partial charge in [-0.15, -0.1) is 0 Å². The molecule has 2 unspecified atom stereocenters. The lowest BCUT2D eigenvalue weighted by atomic mass is 9.95. The summed E-state index contributed by atoms with van der Waals surface area (Å²) in [7, 11) is -2.86. The predicted octanol–water partition coefficient (Wildman–Crippen LogP) is 0.299. The lowest BCUT2D eigenvalue weighted by Gasteiger charge is -2.22. The molecule has 5 heteroatoms. The van der Waals surface area contributed by atoms with Gasteiger partial charge in [0.05, 0.1) is 5.75 Å². The van der Waals surface area contributed by atoms with E-state index in [1.807, 2.05) is 0 Å². The molecule has 1 saturated carbocycles. The van der Waals surface area contributed by atoms with Gasteiger partial charge in [-0.05, 0) is 31.1 Å². The molecule has 14 heavy (non-hydrogen) atoms. The van der Waals surface area contributed by atoms with Gasteiger partial charge in [0.1, 0.15) is 9.84 Å². The van der Waals surface area contributed by atoms with Crippen LogP contribution in [0.1, 0.15) is 26.2 Å². The second-order valence-electron chi connectivity index (χ2n) is 4.39. The lowest BCUT2D eigenvalue weighted by Crippen LogP contribution is -2.41. The molecule has 0 aromatic heterocycles. The van der Waals surface area contributed by atoms with Crippen LogP contribution in [0.15, 0.2) is 0 Å². The molecule has 0 aromatic rings. The Bertz CT molecular complexity index is 273. The molecule has 2 atom stereocenters. The molecule has 0 saturated heterocycles. The predicted molar refractivity (Wildman–Crippen MR) is 57.3 cm³/mol. The fourth-order valence-corrected chi connectivity index (χ4v) is 2.47. The lowest BCUT2D eigenvalue weighted by molar-refractivity contribution is 0.338. The molecule has 0 radical (unpaired) electrons. The first-order valence-electron chi connectivity index (χ1n) is 5.08. The van der Waals surface area contributed by atoms with Crippen LogP contribution in [0.4, 0.5) is 0 Å². The molecule has 0 bridgehead atoms. The molecule has 3 N–H and O–H groups in total. The highest BCUT2D eigenvalue weighted by Gasteiger charge is 2.32. The molecule has 84 valence electrons. The van der Waals surface area contributed by atoms with Gasteiger partial charge in [0, 0.05) is 12.3 Å². The van der Waals surface area contributed by atoms with Gasteiger partial charge in [-0.25, -0.2) is 8.42 Å². The minimum Gasteiger partial charge on any atom is -0.271 e. The Labute approximate surface area is 86.1 Å². The van der Waals surface area contributed by atoms with E-state index in [-0.39, 0.29) is 11.8 Å². The maximum absolute atomic E-state index is 11.0. The van der Waals surface area contributed by atoms with Crippen LogP contribution in [0.5, 0.6) is 0 Å². The maximum atomic E-state index is 11.0. The molecule has 0 heterocycles. The minimum absolute atomic E-state index is 0.136. The number of nitrogens with two attached hydrogens (primary N) is 1. The Kier molecular flexibility index (Phi) is 3.92. The van der Waals surface area contributed by atoms with Crippen LogP contribution in [0.25, 0.3) is 0 Å². The summed E-state index contributed by atoms with van der Waals surface area (Å²) in [4.78, 5) is 0. The van der Waals surface area contributed by atoms with E-state index >= 15 is 0 Å². The highest BCUT2D eigenvalue weighted by molar-refractivity contribution is 7.90. The Balaban J connectivity index is 2.38. The molecular weight excluding hydrogens is 200 g/mol. The fourth-order valence-electron chi connectivity index (χ4n) is 1.79. The number of hydrogen-bond acceptors (Lipinski definition) is 4. The van der Waals surface area contributed by atoms with Gasteiger partial charge >= 0.3 is 0 Å². The largest absolute Gasteiger partial charge is 0.271 e. The summed E-state index contributed by atoms with van der Waals surface area (Å²) in [6.07, 6.45) is 4.41. The number of rotatable bonds is 6. The summed E-state index contributed by atoms with van der Waals surface area (Å²) in [6, 6.07) is 0.136. The van der Waals surface area contributed by atoms with Crippen molar-refractivity contribution in [2.24, 2.45) is 17.7 Å². The van der Waals surface area contributed by atoms with Crippen LogP contribution >= 0.6 is 0 Å². The van der Waals surface area contributed by atoms with Crippen molar-refractivity contribution in [3.05, 3.63) is 0 Å². The van der Waals surface area contributed by atoms with Gasteiger partial charge < -0.3 is 0 Å². The molecular formula is C9H20N2O2S. The fraction of sp³-hybridized carbons (Fsp3) is 1.00. The van der Waals surface area contributed by atoms with Crippen LogP contribution in [0, 0.1) is 11.8 Å². The topological polar surface area (TPSA) is 72.2 Å². The van der Waals surface area contributed by atoms with Gasteiger partial charge in [0.15, 0.2) is 0 Å². The van der Waals surface area contributed by atoms with E-state index in [9.17, 15) is 8.42 Å². The van der Waals surface area contributed by atoms with Crippen molar-refractivity contribution in [1.29, 1.82) is 0 Å². The Morgan fingerprint density at radius 2 is 2.07 bits per heavy atom. The number of hydrazine groups is 1. The first-order valence-corrected chi connectivity index (χ1v) is 7.14. The Morgan fingerprint density at radius 3 is 2.43 bits per heavy atom. The summed E-state index contributed by atoms with van der Waals surface area (Å²) in [5.41, 5.74) is 2.73. The summed E-state index contributed by atoms with van der Waals surface area (Å²) in [6.45, 7) is 2.14. The molecule has 1 aliphatic carbocycles. The van der Waals surface area contributed by atoms with Crippen molar-refractivity contribution >= 4 is 9.84 Å². The van der Waals surface area contributed by atoms with Crippen molar-refractivity contribution in [2.75, 3.05) is 12.0 Å².